The number of nitrogens with one attached hydrogen (secondary N) is 1. The second-order valence-corrected chi connectivity index (χ2v) is 4.10. The van der Waals surface area contributed by atoms with Crippen LogP contribution in [0.5, 0.6) is 0 Å². The largest absolute Gasteiger partial charge is 0.327 e. The fourth-order valence-electron chi connectivity index (χ4n) is 1.11. The van der Waals surface area contributed by atoms with Crippen LogP contribution in [0.3, 0.4) is 0 Å². The Morgan fingerprint density at radius 3 is 2.71 bits per heavy atom. The number of hydrogen-bond donors (Lipinski definition) is 2. The molecule has 0 bridgehead atoms. The Morgan fingerprint density at radius 1 is 1.43 bits per heavy atom. The first-order chi connectivity index (χ1) is 6.59. The number of rotatable bonds is 4. The van der Waals surface area contributed by atoms with E-state index in [0.29, 0.717) is 6.04 Å². The number of halogens is 1. The van der Waals surface area contributed by atoms with Gasteiger partial charge in [-0.05, 0) is 31.5 Å². The molecule has 0 heterocycles. The van der Waals surface area contributed by atoms with Gasteiger partial charge in [-0.1, -0.05) is 23.7 Å². The zero-order valence-electron chi connectivity index (χ0n) is 8.63. The molecule has 3 heteroatoms. The van der Waals surface area contributed by atoms with Crippen LogP contribution >= 0.6 is 11.6 Å². The lowest BCUT2D eigenvalue weighted by Crippen LogP contribution is -2.40. The molecule has 0 radical (unpaired) electrons. The maximum Gasteiger partial charge on any atom is 0.0409 e. The van der Waals surface area contributed by atoms with E-state index in [1.54, 1.807) is 0 Å². The third-order valence-corrected chi connectivity index (χ3v) is 2.54. The fraction of sp³-hybridized carbons (Fsp3) is 0.455. The summed E-state index contributed by atoms with van der Waals surface area (Å²) in [5.74, 6) is 0. The highest BCUT2D eigenvalue weighted by atomic mass is 35.5. The van der Waals surface area contributed by atoms with Gasteiger partial charge in [0.15, 0.2) is 0 Å². The zero-order chi connectivity index (χ0) is 10.6. The average molecular weight is 213 g/mol. The van der Waals surface area contributed by atoms with Gasteiger partial charge in [0.25, 0.3) is 0 Å². The van der Waals surface area contributed by atoms with E-state index in [1.807, 2.05) is 31.2 Å². The molecule has 0 amide bonds. The maximum absolute atomic E-state index is 5.87. The molecule has 0 aliphatic heterocycles. The highest BCUT2D eigenvalue weighted by Crippen LogP contribution is 2.10. The smallest absolute Gasteiger partial charge is 0.0409 e. The Hall–Kier alpha value is -0.570. The van der Waals surface area contributed by atoms with Gasteiger partial charge in [0.05, 0.1) is 0 Å². The van der Waals surface area contributed by atoms with Crippen LogP contribution in [0.25, 0.3) is 0 Å². The van der Waals surface area contributed by atoms with Crippen LogP contribution in [0.2, 0.25) is 5.02 Å². The van der Waals surface area contributed by atoms with Crippen molar-refractivity contribution in [2.75, 3.05) is 0 Å². The third-order valence-electron chi connectivity index (χ3n) is 2.31. The molecule has 2 unspecified atom stereocenters. The molecular formula is C11H17ClN2. The maximum atomic E-state index is 5.87. The van der Waals surface area contributed by atoms with E-state index in [2.05, 4.69) is 12.2 Å². The van der Waals surface area contributed by atoms with E-state index in [0.717, 1.165) is 11.6 Å². The van der Waals surface area contributed by atoms with Crippen LogP contribution in [-0.2, 0) is 6.54 Å². The third kappa shape index (κ3) is 3.66. The zero-order valence-corrected chi connectivity index (χ0v) is 9.38. The minimum atomic E-state index is 0.161. The summed E-state index contributed by atoms with van der Waals surface area (Å²) in [6.07, 6.45) is 0. The average Bonchev–Trinajstić information content (AvgIpc) is 2.14. The lowest BCUT2D eigenvalue weighted by molar-refractivity contribution is 0.478. The molecule has 14 heavy (non-hydrogen) atoms. The minimum absolute atomic E-state index is 0.161. The Balaban J connectivity index is 2.45. The molecule has 0 saturated carbocycles. The van der Waals surface area contributed by atoms with E-state index < -0.39 is 0 Å². The van der Waals surface area contributed by atoms with Gasteiger partial charge in [-0.15, -0.1) is 0 Å². The van der Waals surface area contributed by atoms with Crippen molar-refractivity contribution in [3.05, 3.63) is 34.9 Å². The van der Waals surface area contributed by atoms with Gasteiger partial charge in [0.2, 0.25) is 0 Å². The first-order valence-corrected chi connectivity index (χ1v) is 5.21. The molecule has 78 valence electrons. The van der Waals surface area contributed by atoms with Crippen molar-refractivity contribution >= 4 is 11.6 Å². The lowest BCUT2D eigenvalue weighted by Gasteiger charge is -2.17. The predicted octanol–water partition coefficient (Wildman–Crippen LogP) is 2.17. The Kier molecular flexibility index (Phi) is 4.39. The van der Waals surface area contributed by atoms with Gasteiger partial charge < -0.3 is 11.1 Å². The lowest BCUT2D eigenvalue weighted by atomic mass is 10.1. The van der Waals surface area contributed by atoms with Gasteiger partial charge >= 0.3 is 0 Å². The summed E-state index contributed by atoms with van der Waals surface area (Å²) in [5.41, 5.74) is 6.93. The monoisotopic (exact) mass is 212 g/mol. The van der Waals surface area contributed by atoms with E-state index in [1.165, 1.54) is 5.56 Å². The molecule has 0 aliphatic carbocycles. The van der Waals surface area contributed by atoms with Crippen LogP contribution in [0, 0.1) is 0 Å². The molecule has 2 atom stereocenters. The van der Waals surface area contributed by atoms with E-state index >= 15 is 0 Å². The first kappa shape index (κ1) is 11.5. The van der Waals surface area contributed by atoms with Crippen molar-refractivity contribution in [2.45, 2.75) is 32.5 Å². The summed E-state index contributed by atoms with van der Waals surface area (Å²) < 4.78 is 0. The van der Waals surface area contributed by atoms with E-state index in [-0.39, 0.29) is 6.04 Å². The Labute approximate surface area is 90.4 Å². The topological polar surface area (TPSA) is 38.0 Å². The highest BCUT2D eigenvalue weighted by molar-refractivity contribution is 6.30. The van der Waals surface area contributed by atoms with Gasteiger partial charge in [-0.3, -0.25) is 0 Å². The van der Waals surface area contributed by atoms with Crippen molar-refractivity contribution < 1.29 is 0 Å². The van der Waals surface area contributed by atoms with Crippen molar-refractivity contribution in [2.24, 2.45) is 5.73 Å². The molecule has 0 aromatic heterocycles. The minimum Gasteiger partial charge on any atom is -0.327 e. The Morgan fingerprint density at radius 2 is 2.14 bits per heavy atom. The molecule has 0 saturated heterocycles. The van der Waals surface area contributed by atoms with E-state index in [4.69, 9.17) is 17.3 Å². The van der Waals surface area contributed by atoms with Crippen LogP contribution in [0.1, 0.15) is 19.4 Å². The summed E-state index contributed by atoms with van der Waals surface area (Å²) in [7, 11) is 0. The van der Waals surface area contributed by atoms with Crippen LogP contribution in [0.4, 0.5) is 0 Å². The standard InChI is InChI=1S/C11H17ClN2/c1-8(13)9(2)14-7-10-4-3-5-11(12)6-10/h3-6,8-9,14H,7,13H2,1-2H3. The second-order valence-electron chi connectivity index (χ2n) is 3.66. The molecule has 0 spiro atoms. The van der Waals surface area contributed by atoms with Gasteiger partial charge in [0, 0.05) is 23.7 Å². The molecule has 3 N–H and O–H groups in total. The van der Waals surface area contributed by atoms with Crippen LogP contribution in [0.15, 0.2) is 24.3 Å². The van der Waals surface area contributed by atoms with Gasteiger partial charge in [-0.25, -0.2) is 0 Å². The number of hydrogen-bond acceptors (Lipinski definition) is 2. The first-order valence-electron chi connectivity index (χ1n) is 4.83. The van der Waals surface area contributed by atoms with Crippen molar-refractivity contribution in [3.63, 3.8) is 0 Å². The summed E-state index contributed by atoms with van der Waals surface area (Å²) in [6, 6.07) is 8.31. The summed E-state index contributed by atoms with van der Waals surface area (Å²) in [6.45, 7) is 4.88. The molecular weight excluding hydrogens is 196 g/mol. The van der Waals surface area contributed by atoms with Crippen LogP contribution < -0.4 is 11.1 Å². The van der Waals surface area contributed by atoms with Gasteiger partial charge in [-0.2, -0.15) is 0 Å². The van der Waals surface area contributed by atoms with Crippen molar-refractivity contribution in [3.8, 4) is 0 Å². The predicted molar refractivity (Wildman–Crippen MR) is 61.4 cm³/mol. The normalized spacial score (nSPS) is 15.1. The summed E-state index contributed by atoms with van der Waals surface area (Å²) >= 11 is 5.87. The second kappa shape index (κ2) is 5.35. The van der Waals surface area contributed by atoms with Crippen molar-refractivity contribution in [1.29, 1.82) is 0 Å². The van der Waals surface area contributed by atoms with Crippen LogP contribution in [-0.4, -0.2) is 12.1 Å². The Bertz CT molecular complexity index is 286. The molecule has 0 fully saturated rings. The van der Waals surface area contributed by atoms with Gasteiger partial charge in [0.1, 0.15) is 0 Å². The summed E-state index contributed by atoms with van der Waals surface area (Å²) in [5, 5.41) is 4.12. The number of benzene rings is 1. The molecule has 1 rings (SSSR count). The molecule has 2 nitrogen and oxygen atoms in total. The fourth-order valence-corrected chi connectivity index (χ4v) is 1.32. The number of nitrogens with two attached hydrogens (primary N) is 1. The quantitative estimate of drug-likeness (QED) is 0.803. The highest BCUT2D eigenvalue weighted by Gasteiger charge is 2.05. The molecule has 1 aromatic rings. The summed E-state index contributed by atoms with van der Waals surface area (Å²) in [4.78, 5) is 0. The van der Waals surface area contributed by atoms with Crippen molar-refractivity contribution in [1.82, 2.24) is 5.32 Å². The SMILES string of the molecule is CC(N)C(C)NCc1cccc(Cl)c1. The molecule has 1 aromatic carbocycles. The molecule has 0 aliphatic rings. The van der Waals surface area contributed by atoms with E-state index in [9.17, 15) is 0 Å².